The molecular weight excluding hydrogens is 452 g/mol. The second-order valence-electron chi connectivity index (χ2n) is 11.5. The number of hydrogen-bond acceptors (Lipinski definition) is 4. The van der Waals surface area contributed by atoms with E-state index in [2.05, 4.69) is 103 Å². The molecule has 1 unspecified atom stereocenters. The Balaban J connectivity index is 0.00000108. The number of amides is 2. The first-order valence-corrected chi connectivity index (χ1v) is 13.7. The average Bonchev–Trinajstić information content (AvgIpc) is 3.08. The highest BCUT2D eigenvalue weighted by Gasteiger charge is 2.38. The number of aryl methyl sites for hydroxylation is 1. The van der Waals surface area contributed by atoms with Crippen molar-refractivity contribution in [2.24, 2.45) is 0 Å². The molecule has 35 heavy (non-hydrogen) atoms. The van der Waals surface area contributed by atoms with Gasteiger partial charge < -0.3 is 4.90 Å². The maximum absolute atomic E-state index is 12.1. The van der Waals surface area contributed by atoms with Crippen molar-refractivity contribution in [1.82, 2.24) is 5.32 Å². The molecule has 0 spiro atoms. The van der Waals surface area contributed by atoms with Gasteiger partial charge in [-0.3, -0.25) is 14.9 Å². The Bertz CT molecular complexity index is 1120. The van der Waals surface area contributed by atoms with E-state index < -0.39 is 0 Å². The molecule has 0 saturated carbocycles. The number of carbonyl (C=O) groups excluding carboxylic acids is 2. The lowest BCUT2D eigenvalue weighted by molar-refractivity contribution is -0.118. The van der Waals surface area contributed by atoms with Crippen LogP contribution in [0.5, 0.6) is 0 Å². The summed E-state index contributed by atoms with van der Waals surface area (Å²) in [6.45, 7) is 15.9. The average molecular weight is 495 g/mol. The van der Waals surface area contributed by atoms with Gasteiger partial charge in [0.15, 0.2) is 0 Å². The van der Waals surface area contributed by atoms with Gasteiger partial charge in [-0.1, -0.05) is 71.9 Å². The Hall–Kier alpha value is -2.27. The molecule has 4 nitrogen and oxygen atoms in total. The summed E-state index contributed by atoms with van der Waals surface area (Å²) >= 11 is 1.09. The fourth-order valence-electron chi connectivity index (χ4n) is 5.07. The van der Waals surface area contributed by atoms with Crippen LogP contribution in [0.1, 0.15) is 83.1 Å². The van der Waals surface area contributed by atoms with Crippen LogP contribution in [0.4, 0.5) is 10.5 Å². The zero-order valence-corrected chi connectivity index (χ0v) is 23.8. The highest BCUT2D eigenvalue weighted by atomic mass is 32.2. The Labute approximate surface area is 216 Å². The number of hydrogen-bond donors (Lipinski definition) is 1. The van der Waals surface area contributed by atoms with Gasteiger partial charge in [-0.15, -0.1) is 0 Å². The van der Waals surface area contributed by atoms with E-state index in [1.165, 1.54) is 47.1 Å². The zero-order valence-electron chi connectivity index (χ0n) is 23.0. The normalized spacial score (nSPS) is 20.0. The van der Waals surface area contributed by atoms with Crippen molar-refractivity contribution < 1.29 is 9.59 Å². The van der Waals surface area contributed by atoms with Crippen LogP contribution in [0.3, 0.4) is 0 Å². The molecule has 1 saturated heterocycles. The van der Waals surface area contributed by atoms with E-state index in [9.17, 15) is 9.59 Å². The quantitative estimate of drug-likeness (QED) is 0.481. The van der Waals surface area contributed by atoms with Crippen molar-refractivity contribution in [1.29, 1.82) is 0 Å². The minimum absolute atomic E-state index is 0.141. The Morgan fingerprint density at radius 3 is 2.03 bits per heavy atom. The Morgan fingerprint density at radius 2 is 1.51 bits per heavy atom. The molecule has 0 aromatic heterocycles. The lowest BCUT2D eigenvalue weighted by Crippen LogP contribution is -2.34. The Kier molecular flexibility index (Phi) is 8.10. The molecule has 1 aliphatic carbocycles. The lowest BCUT2D eigenvalue weighted by Gasteiger charge is -2.42. The van der Waals surface area contributed by atoms with E-state index in [1.54, 1.807) is 0 Å². The molecule has 0 bridgehead atoms. The van der Waals surface area contributed by atoms with Crippen molar-refractivity contribution in [2.75, 3.05) is 19.0 Å². The number of carbonyl (C=O) groups is 2. The number of nitrogens with zero attached hydrogens (tertiary/aromatic N) is 1. The molecule has 0 radical (unpaired) electrons. The second kappa shape index (κ2) is 10.4. The standard InChI is InChI=1S/C27H34N2O2S.C3H8/c1-16-12-20-21(27(4,5)11-10-26(20,2)3)15-18(16)19-13-17(8-9-22(19)29(6)7)14-23-24(30)28-25(31)32-23;1-3-2/h8-9,12-13,15,23H,10-11,14H2,1-7H3,(H,28,30,31);3H2,1-2H3. The number of fused-ring (bicyclic) bond motifs is 1. The number of thioether (sulfide) groups is 1. The van der Waals surface area contributed by atoms with E-state index in [4.69, 9.17) is 0 Å². The fraction of sp³-hybridized carbons (Fsp3) is 0.533. The highest BCUT2D eigenvalue weighted by molar-refractivity contribution is 8.15. The van der Waals surface area contributed by atoms with E-state index in [1.807, 2.05) is 0 Å². The summed E-state index contributed by atoms with van der Waals surface area (Å²) in [7, 11) is 4.14. The third-order valence-electron chi connectivity index (χ3n) is 7.22. The van der Waals surface area contributed by atoms with Crippen LogP contribution in [0.25, 0.3) is 11.1 Å². The molecule has 1 fully saturated rings. The number of imide groups is 1. The van der Waals surface area contributed by atoms with Gasteiger partial charge >= 0.3 is 0 Å². The lowest BCUT2D eigenvalue weighted by atomic mass is 9.62. The van der Waals surface area contributed by atoms with E-state index in [0.717, 1.165) is 23.0 Å². The van der Waals surface area contributed by atoms with Crippen LogP contribution >= 0.6 is 11.8 Å². The molecular formula is C30H42N2O2S. The number of benzene rings is 2. The zero-order chi connectivity index (χ0) is 26.1. The molecule has 2 aliphatic rings. The summed E-state index contributed by atoms with van der Waals surface area (Å²) in [6.07, 6.45) is 4.17. The first-order chi connectivity index (χ1) is 16.3. The van der Waals surface area contributed by atoms with Crippen molar-refractivity contribution in [3.05, 3.63) is 52.6 Å². The van der Waals surface area contributed by atoms with E-state index in [-0.39, 0.29) is 27.2 Å². The van der Waals surface area contributed by atoms with Crippen molar-refractivity contribution >= 4 is 28.6 Å². The molecule has 2 amide bonds. The molecule has 1 atom stereocenters. The van der Waals surface area contributed by atoms with Crippen LogP contribution in [0.15, 0.2) is 30.3 Å². The third kappa shape index (κ3) is 5.77. The van der Waals surface area contributed by atoms with E-state index >= 15 is 0 Å². The van der Waals surface area contributed by atoms with Crippen LogP contribution < -0.4 is 10.2 Å². The van der Waals surface area contributed by atoms with Crippen molar-refractivity contribution in [3.8, 4) is 11.1 Å². The monoisotopic (exact) mass is 494 g/mol. The molecule has 4 rings (SSSR count). The summed E-state index contributed by atoms with van der Waals surface area (Å²) in [5.74, 6) is -0.188. The summed E-state index contributed by atoms with van der Waals surface area (Å²) in [6, 6.07) is 11.2. The first kappa shape index (κ1) is 27.3. The maximum Gasteiger partial charge on any atom is 0.286 e. The van der Waals surface area contributed by atoms with Gasteiger partial charge in [0.2, 0.25) is 5.91 Å². The first-order valence-electron chi connectivity index (χ1n) is 12.8. The third-order valence-corrected chi connectivity index (χ3v) is 8.20. The molecule has 2 aromatic rings. The maximum atomic E-state index is 12.1. The van der Waals surface area contributed by atoms with Crippen LogP contribution in [0, 0.1) is 6.92 Å². The molecule has 1 N–H and O–H groups in total. The molecule has 190 valence electrons. The predicted octanol–water partition coefficient (Wildman–Crippen LogP) is 7.39. The molecule has 1 heterocycles. The number of rotatable bonds is 4. The number of anilines is 1. The molecule has 1 aliphatic heterocycles. The Morgan fingerprint density at radius 1 is 0.943 bits per heavy atom. The minimum Gasteiger partial charge on any atom is -0.377 e. The topological polar surface area (TPSA) is 49.4 Å². The van der Waals surface area contributed by atoms with Crippen LogP contribution in [-0.2, 0) is 22.0 Å². The SMILES string of the molecule is CCC.Cc1cc2c(cc1-c1cc(CC3SC(=O)NC3=O)ccc1N(C)C)C(C)(C)CCC2(C)C. The van der Waals surface area contributed by atoms with Crippen molar-refractivity contribution in [3.63, 3.8) is 0 Å². The summed E-state index contributed by atoms with van der Waals surface area (Å²) in [5.41, 5.74) is 9.17. The smallest absolute Gasteiger partial charge is 0.286 e. The molecule has 5 heteroatoms. The largest absolute Gasteiger partial charge is 0.377 e. The summed E-state index contributed by atoms with van der Waals surface area (Å²) in [5, 5.41) is 1.79. The van der Waals surface area contributed by atoms with E-state index in [0.29, 0.717) is 6.42 Å². The van der Waals surface area contributed by atoms with Gasteiger partial charge in [-0.25, -0.2) is 0 Å². The minimum atomic E-state index is -0.357. The van der Waals surface area contributed by atoms with Gasteiger partial charge in [0.25, 0.3) is 5.24 Å². The van der Waals surface area contributed by atoms with Crippen molar-refractivity contribution in [2.45, 2.75) is 90.2 Å². The fourth-order valence-corrected chi connectivity index (χ4v) is 5.93. The molecule has 2 aromatic carbocycles. The number of nitrogens with one attached hydrogen (secondary N) is 1. The highest BCUT2D eigenvalue weighted by Crippen LogP contribution is 2.48. The second-order valence-corrected chi connectivity index (χ2v) is 12.7. The van der Waals surface area contributed by atoms with Gasteiger partial charge in [-0.2, -0.15) is 0 Å². The summed E-state index contributed by atoms with van der Waals surface area (Å²) < 4.78 is 0. The van der Waals surface area contributed by atoms with Gasteiger partial charge in [0.05, 0.1) is 5.25 Å². The van der Waals surface area contributed by atoms with Gasteiger partial charge in [-0.05, 0) is 83.0 Å². The van der Waals surface area contributed by atoms with Crippen LogP contribution in [-0.4, -0.2) is 30.5 Å². The predicted molar refractivity (Wildman–Crippen MR) is 151 cm³/mol. The van der Waals surface area contributed by atoms with Crippen LogP contribution in [0.2, 0.25) is 0 Å². The van der Waals surface area contributed by atoms with Gasteiger partial charge in [0.1, 0.15) is 0 Å². The summed E-state index contributed by atoms with van der Waals surface area (Å²) in [4.78, 5) is 25.9. The van der Waals surface area contributed by atoms with Gasteiger partial charge in [0, 0.05) is 25.3 Å².